The molecule has 24 heavy (non-hydrogen) atoms. The summed E-state index contributed by atoms with van der Waals surface area (Å²) in [6.07, 6.45) is 6.14. The number of carbonyl (C=O) groups excluding carboxylic acids is 1. The van der Waals surface area contributed by atoms with E-state index in [9.17, 15) is 4.79 Å². The number of ether oxygens (including phenoxy) is 1. The molecule has 3 N–H and O–H groups in total. The van der Waals surface area contributed by atoms with Crippen LogP contribution in [0, 0.1) is 5.92 Å². The lowest BCUT2D eigenvalue weighted by Gasteiger charge is -2.37. The smallest absolute Gasteiger partial charge is 0.255 e. The van der Waals surface area contributed by atoms with E-state index in [2.05, 4.69) is 10.2 Å². The average molecular weight is 352 g/mol. The van der Waals surface area contributed by atoms with Gasteiger partial charge in [-0.15, -0.1) is 0 Å². The molecule has 0 bridgehead atoms. The SMILES string of the molecule is COc1cc(N)c(Cl)cc1C(=O)NC1CCN(CC2CCC2)CC1. The first-order valence-electron chi connectivity index (χ1n) is 8.73. The molecule has 132 valence electrons. The summed E-state index contributed by atoms with van der Waals surface area (Å²) in [4.78, 5) is 15.1. The van der Waals surface area contributed by atoms with E-state index in [1.54, 1.807) is 12.1 Å². The number of hydrogen-bond acceptors (Lipinski definition) is 4. The Hall–Kier alpha value is -1.46. The third kappa shape index (κ3) is 3.95. The van der Waals surface area contributed by atoms with Crippen molar-refractivity contribution < 1.29 is 9.53 Å². The van der Waals surface area contributed by atoms with E-state index < -0.39 is 0 Å². The molecule has 1 aromatic rings. The van der Waals surface area contributed by atoms with Gasteiger partial charge in [-0.2, -0.15) is 0 Å². The predicted octanol–water partition coefficient (Wildman–Crippen LogP) is 2.93. The highest BCUT2D eigenvalue weighted by Gasteiger charge is 2.26. The second-order valence-electron chi connectivity index (χ2n) is 6.92. The van der Waals surface area contributed by atoms with Gasteiger partial charge in [-0.05, 0) is 37.7 Å². The normalized spacial score (nSPS) is 19.8. The minimum atomic E-state index is -0.147. The van der Waals surface area contributed by atoms with Gasteiger partial charge >= 0.3 is 0 Å². The number of amides is 1. The lowest BCUT2D eigenvalue weighted by Crippen LogP contribution is -2.46. The van der Waals surface area contributed by atoms with Gasteiger partial charge in [0.05, 0.1) is 23.4 Å². The minimum absolute atomic E-state index is 0.147. The molecule has 1 saturated heterocycles. The number of halogens is 1. The van der Waals surface area contributed by atoms with E-state index in [1.807, 2.05) is 0 Å². The molecule has 1 heterocycles. The van der Waals surface area contributed by atoms with Crippen molar-refractivity contribution in [2.75, 3.05) is 32.5 Å². The van der Waals surface area contributed by atoms with Crippen molar-refractivity contribution in [3.05, 3.63) is 22.7 Å². The molecule has 2 aliphatic rings. The Balaban J connectivity index is 1.55. The third-order valence-electron chi connectivity index (χ3n) is 5.23. The molecule has 3 rings (SSSR count). The first-order chi connectivity index (χ1) is 11.6. The highest BCUT2D eigenvalue weighted by Crippen LogP contribution is 2.30. The van der Waals surface area contributed by atoms with Crippen LogP contribution < -0.4 is 15.8 Å². The van der Waals surface area contributed by atoms with Crippen molar-refractivity contribution in [1.29, 1.82) is 0 Å². The zero-order valence-corrected chi connectivity index (χ0v) is 14.9. The summed E-state index contributed by atoms with van der Waals surface area (Å²) in [6.45, 7) is 3.34. The Morgan fingerprint density at radius 2 is 2.04 bits per heavy atom. The topological polar surface area (TPSA) is 67.6 Å². The molecule has 1 saturated carbocycles. The fraction of sp³-hybridized carbons (Fsp3) is 0.611. The van der Waals surface area contributed by atoms with Crippen molar-refractivity contribution in [2.45, 2.75) is 38.1 Å². The first-order valence-corrected chi connectivity index (χ1v) is 9.11. The molecule has 0 aromatic heterocycles. The van der Waals surface area contributed by atoms with Gasteiger partial charge in [-0.1, -0.05) is 18.0 Å². The number of rotatable bonds is 5. The largest absolute Gasteiger partial charge is 0.496 e. The van der Waals surface area contributed by atoms with Gasteiger partial charge in [0.15, 0.2) is 0 Å². The fourth-order valence-corrected chi connectivity index (χ4v) is 3.64. The van der Waals surface area contributed by atoms with Crippen LogP contribution >= 0.6 is 11.6 Å². The number of anilines is 1. The Kier molecular flexibility index (Phi) is 5.51. The number of nitrogen functional groups attached to an aromatic ring is 1. The summed E-state index contributed by atoms with van der Waals surface area (Å²) in [5.74, 6) is 1.21. The molecule has 0 radical (unpaired) electrons. The number of nitrogens with one attached hydrogen (secondary N) is 1. The van der Waals surface area contributed by atoms with Crippen LogP contribution in [0.3, 0.4) is 0 Å². The van der Waals surface area contributed by atoms with E-state index in [0.717, 1.165) is 31.8 Å². The summed E-state index contributed by atoms with van der Waals surface area (Å²) in [7, 11) is 1.53. The van der Waals surface area contributed by atoms with E-state index in [1.165, 1.54) is 32.9 Å². The molecule has 1 amide bonds. The van der Waals surface area contributed by atoms with Crippen LogP contribution in [-0.2, 0) is 0 Å². The first kappa shape index (κ1) is 17.4. The standard InChI is InChI=1S/C18H26ClN3O2/c1-24-17-10-16(20)15(19)9-14(17)18(23)21-13-5-7-22(8-6-13)11-12-3-2-4-12/h9-10,12-13H,2-8,11,20H2,1H3,(H,21,23). The van der Waals surface area contributed by atoms with Crippen molar-refractivity contribution in [1.82, 2.24) is 10.2 Å². The van der Waals surface area contributed by atoms with Crippen LogP contribution in [0.4, 0.5) is 5.69 Å². The number of nitrogens with zero attached hydrogens (tertiary/aromatic N) is 1. The summed E-state index contributed by atoms with van der Waals surface area (Å²) in [6, 6.07) is 3.38. The van der Waals surface area contributed by atoms with Gasteiger partial charge in [0.1, 0.15) is 5.75 Å². The molecular weight excluding hydrogens is 326 g/mol. The Labute approximate surface area is 148 Å². The van der Waals surface area contributed by atoms with E-state index in [0.29, 0.717) is 22.0 Å². The number of likely N-dealkylation sites (tertiary alicyclic amines) is 1. The molecule has 0 spiro atoms. The maximum atomic E-state index is 12.6. The minimum Gasteiger partial charge on any atom is -0.496 e. The zero-order valence-electron chi connectivity index (χ0n) is 14.2. The number of nitrogens with two attached hydrogens (primary N) is 1. The van der Waals surface area contributed by atoms with Gasteiger partial charge in [-0.3, -0.25) is 4.79 Å². The van der Waals surface area contributed by atoms with Gasteiger partial charge < -0.3 is 20.7 Å². The highest BCUT2D eigenvalue weighted by molar-refractivity contribution is 6.33. The molecule has 5 nitrogen and oxygen atoms in total. The van der Waals surface area contributed by atoms with Crippen LogP contribution in [-0.4, -0.2) is 43.6 Å². The quantitative estimate of drug-likeness (QED) is 0.800. The molecule has 0 atom stereocenters. The van der Waals surface area contributed by atoms with Crippen LogP contribution in [0.15, 0.2) is 12.1 Å². The predicted molar refractivity (Wildman–Crippen MR) is 96.7 cm³/mol. The summed E-state index contributed by atoms with van der Waals surface area (Å²) >= 11 is 6.05. The van der Waals surface area contributed by atoms with Crippen molar-refractivity contribution >= 4 is 23.2 Å². The van der Waals surface area contributed by atoms with E-state index in [4.69, 9.17) is 22.1 Å². The molecule has 6 heteroatoms. The number of carbonyl (C=O) groups is 1. The number of methoxy groups -OCH3 is 1. The second kappa shape index (κ2) is 7.62. The maximum absolute atomic E-state index is 12.6. The molecule has 2 fully saturated rings. The summed E-state index contributed by atoms with van der Waals surface area (Å²) in [5.41, 5.74) is 6.62. The molecule has 0 unspecified atom stereocenters. The lowest BCUT2D eigenvalue weighted by atomic mass is 9.84. The number of benzene rings is 1. The fourth-order valence-electron chi connectivity index (χ4n) is 3.48. The van der Waals surface area contributed by atoms with Crippen LogP contribution in [0.25, 0.3) is 0 Å². The molecule has 1 aromatic carbocycles. The van der Waals surface area contributed by atoms with Gasteiger partial charge in [0.2, 0.25) is 0 Å². The Bertz CT molecular complexity index is 596. The van der Waals surface area contributed by atoms with Crippen molar-refractivity contribution in [3.63, 3.8) is 0 Å². The van der Waals surface area contributed by atoms with Gasteiger partial charge in [0.25, 0.3) is 5.91 Å². The number of piperidine rings is 1. The van der Waals surface area contributed by atoms with Crippen LogP contribution in [0.1, 0.15) is 42.5 Å². The van der Waals surface area contributed by atoms with Crippen LogP contribution in [0.2, 0.25) is 5.02 Å². The van der Waals surface area contributed by atoms with Crippen molar-refractivity contribution in [3.8, 4) is 5.75 Å². The highest BCUT2D eigenvalue weighted by atomic mass is 35.5. The van der Waals surface area contributed by atoms with E-state index in [-0.39, 0.29) is 11.9 Å². The lowest BCUT2D eigenvalue weighted by molar-refractivity contribution is 0.0892. The van der Waals surface area contributed by atoms with Crippen LogP contribution in [0.5, 0.6) is 5.75 Å². The maximum Gasteiger partial charge on any atom is 0.255 e. The molecule has 1 aliphatic carbocycles. The molecular formula is C18H26ClN3O2. The van der Waals surface area contributed by atoms with Gasteiger partial charge in [0, 0.05) is 31.7 Å². The van der Waals surface area contributed by atoms with E-state index >= 15 is 0 Å². The summed E-state index contributed by atoms with van der Waals surface area (Å²) in [5, 5.41) is 3.48. The Morgan fingerprint density at radius 3 is 2.62 bits per heavy atom. The van der Waals surface area contributed by atoms with Crippen molar-refractivity contribution in [2.24, 2.45) is 5.92 Å². The monoisotopic (exact) mass is 351 g/mol. The Morgan fingerprint density at radius 1 is 1.33 bits per heavy atom. The summed E-state index contributed by atoms with van der Waals surface area (Å²) < 4.78 is 5.26. The zero-order chi connectivity index (χ0) is 17.1. The molecule has 1 aliphatic heterocycles. The second-order valence-corrected chi connectivity index (χ2v) is 7.33. The average Bonchev–Trinajstić information content (AvgIpc) is 2.54. The number of hydrogen-bond donors (Lipinski definition) is 2. The third-order valence-corrected chi connectivity index (χ3v) is 5.55. The van der Waals surface area contributed by atoms with Gasteiger partial charge in [-0.25, -0.2) is 0 Å².